The van der Waals surface area contributed by atoms with Crippen LogP contribution in [0.15, 0.2) is 18.5 Å². The van der Waals surface area contributed by atoms with Gasteiger partial charge in [0, 0.05) is 0 Å². The monoisotopic (exact) mass is 262 g/mol. The predicted octanol–water partition coefficient (Wildman–Crippen LogP) is -0.907. The van der Waals surface area contributed by atoms with Crippen LogP contribution in [0.3, 0.4) is 0 Å². The third kappa shape index (κ3) is 2.15. The molecule has 0 fully saturated rings. The summed E-state index contributed by atoms with van der Waals surface area (Å²) < 4.78 is 1.49. The van der Waals surface area contributed by atoms with Gasteiger partial charge in [0.2, 0.25) is 0 Å². The van der Waals surface area contributed by atoms with E-state index in [-0.39, 0.29) is 21.2 Å². The van der Waals surface area contributed by atoms with Crippen molar-refractivity contribution in [2.24, 2.45) is 0 Å². The fourth-order valence-corrected chi connectivity index (χ4v) is 2.88. The standard InChI is InChI=1S/C9H13IN/c1-7(2)8-4-5-11-6-9(8)10-3/h4-7H,1-3H3/q-1. The van der Waals surface area contributed by atoms with E-state index in [1.807, 2.05) is 12.4 Å². The molecule has 0 saturated heterocycles. The number of hydrogen-bond acceptors (Lipinski definition) is 1. The summed E-state index contributed by atoms with van der Waals surface area (Å²) in [6.07, 6.45) is 3.90. The van der Waals surface area contributed by atoms with E-state index in [2.05, 4.69) is 29.8 Å². The predicted molar refractivity (Wildman–Crippen MR) is 42.9 cm³/mol. The Hall–Kier alpha value is -0.120. The third-order valence-electron chi connectivity index (χ3n) is 1.63. The van der Waals surface area contributed by atoms with Crippen LogP contribution < -0.4 is 21.2 Å². The van der Waals surface area contributed by atoms with Crippen molar-refractivity contribution in [1.29, 1.82) is 0 Å². The van der Waals surface area contributed by atoms with Crippen molar-refractivity contribution in [2.75, 3.05) is 4.93 Å². The molecule has 1 rings (SSSR count). The van der Waals surface area contributed by atoms with E-state index in [4.69, 9.17) is 0 Å². The van der Waals surface area contributed by atoms with Crippen LogP contribution in [-0.4, -0.2) is 9.91 Å². The molecule has 0 aromatic carbocycles. The van der Waals surface area contributed by atoms with E-state index < -0.39 is 0 Å². The van der Waals surface area contributed by atoms with Crippen molar-refractivity contribution in [1.82, 2.24) is 4.98 Å². The average Bonchev–Trinajstić information content (AvgIpc) is 2.04. The van der Waals surface area contributed by atoms with Crippen molar-refractivity contribution in [3.63, 3.8) is 0 Å². The number of pyridine rings is 1. The first-order valence-corrected chi connectivity index (χ1v) is 6.92. The molecule has 0 N–H and O–H groups in total. The Kier molecular flexibility index (Phi) is 3.30. The number of alkyl halides is 1. The SMILES string of the molecule is C[I-]c1cnccc1C(C)C. The van der Waals surface area contributed by atoms with Crippen LogP contribution in [-0.2, 0) is 0 Å². The zero-order valence-corrected chi connectivity index (χ0v) is 9.29. The molecule has 1 aromatic rings. The summed E-state index contributed by atoms with van der Waals surface area (Å²) in [6.45, 7) is 4.47. The molecule has 0 saturated carbocycles. The van der Waals surface area contributed by atoms with Gasteiger partial charge in [-0.2, -0.15) is 0 Å². The molecular weight excluding hydrogens is 249 g/mol. The summed E-state index contributed by atoms with van der Waals surface area (Å²) in [5.74, 6) is 0.646. The summed E-state index contributed by atoms with van der Waals surface area (Å²) in [7, 11) is 0. The molecule has 0 atom stereocenters. The van der Waals surface area contributed by atoms with E-state index >= 15 is 0 Å². The Labute approximate surface area is 78.5 Å². The second kappa shape index (κ2) is 4.04. The van der Waals surface area contributed by atoms with E-state index in [1.165, 1.54) is 9.13 Å². The first kappa shape index (κ1) is 8.97. The van der Waals surface area contributed by atoms with Gasteiger partial charge in [0.25, 0.3) is 0 Å². The van der Waals surface area contributed by atoms with Crippen molar-refractivity contribution in [2.45, 2.75) is 19.8 Å². The molecule has 0 aliphatic carbocycles. The summed E-state index contributed by atoms with van der Waals surface area (Å²) >= 11 is 0.192. The zero-order valence-electron chi connectivity index (χ0n) is 7.13. The Bertz CT molecular complexity index is 233. The van der Waals surface area contributed by atoms with Crippen molar-refractivity contribution >= 4 is 0 Å². The van der Waals surface area contributed by atoms with Crippen LogP contribution in [0.5, 0.6) is 0 Å². The number of aromatic nitrogens is 1. The molecule has 0 amide bonds. The van der Waals surface area contributed by atoms with Gasteiger partial charge in [-0.25, -0.2) is 0 Å². The Balaban J connectivity index is 3.02. The summed E-state index contributed by atoms with van der Waals surface area (Å²) in [6, 6.07) is 2.14. The van der Waals surface area contributed by atoms with Gasteiger partial charge in [-0.15, -0.1) is 0 Å². The molecule has 11 heavy (non-hydrogen) atoms. The number of hydrogen-bond donors (Lipinski definition) is 0. The second-order valence-corrected chi connectivity index (χ2v) is 4.98. The van der Waals surface area contributed by atoms with Gasteiger partial charge >= 0.3 is 78.5 Å². The number of nitrogens with zero attached hydrogens (tertiary/aromatic N) is 1. The fourth-order valence-electron chi connectivity index (χ4n) is 1.01. The molecule has 0 spiro atoms. The molecule has 0 unspecified atom stereocenters. The molecule has 1 aromatic heterocycles. The van der Waals surface area contributed by atoms with E-state index in [1.54, 1.807) is 0 Å². The van der Waals surface area contributed by atoms with Crippen LogP contribution in [0.25, 0.3) is 0 Å². The first-order chi connectivity index (χ1) is 5.25. The normalized spacial score (nSPS) is 10.9. The van der Waals surface area contributed by atoms with Crippen LogP contribution >= 0.6 is 0 Å². The molecule has 2 heteroatoms. The summed E-state index contributed by atoms with van der Waals surface area (Å²) in [4.78, 5) is 6.41. The molecule has 62 valence electrons. The van der Waals surface area contributed by atoms with Gasteiger partial charge in [-0.1, -0.05) is 0 Å². The third-order valence-corrected chi connectivity index (χ3v) is 3.69. The van der Waals surface area contributed by atoms with Crippen LogP contribution in [0, 0.1) is 3.57 Å². The van der Waals surface area contributed by atoms with Gasteiger partial charge in [0.1, 0.15) is 0 Å². The fraction of sp³-hybridized carbons (Fsp3) is 0.444. The van der Waals surface area contributed by atoms with E-state index in [0.717, 1.165) is 0 Å². The molecule has 0 aliphatic heterocycles. The van der Waals surface area contributed by atoms with Crippen molar-refractivity contribution in [3.05, 3.63) is 27.6 Å². The molecule has 1 heterocycles. The molecule has 0 bridgehead atoms. The van der Waals surface area contributed by atoms with Crippen LogP contribution in [0.4, 0.5) is 0 Å². The van der Waals surface area contributed by atoms with Gasteiger partial charge in [0.05, 0.1) is 0 Å². The van der Waals surface area contributed by atoms with Crippen LogP contribution in [0.1, 0.15) is 25.3 Å². The Morgan fingerprint density at radius 2 is 2.18 bits per heavy atom. The Morgan fingerprint density at radius 1 is 1.45 bits per heavy atom. The van der Waals surface area contributed by atoms with Gasteiger partial charge in [0.15, 0.2) is 0 Å². The molecular formula is C9H13IN-. The van der Waals surface area contributed by atoms with E-state index in [9.17, 15) is 0 Å². The van der Waals surface area contributed by atoms with E-state index in [0.29, 0.717) is 5.92 Å². The molecule has 0 radical (unpaired) electrons. The number of halogens is 1. The van der Waals surface area contributed by atoms with Crippen LogP contribution in [0.2, 0.25) is 0 Å². The second-order valence-electron chi connectivity index (χ2n) is 2.74. The minimum absolute atomic E-state index is 0.192. The first-order valence-electron chi connectivity index (χ1n) is 3.69. The summed E-state index contributed by atoms with van der Waals surface area (Å²) in [5.41, 5.74) is 1.48. The average molecular weight is 262 g/mol. The van der Waals surface area contributed by atoms with Crippen molar-refractivity contribution in [3.8, 4) is 0 Å². The minimum atomic E-state index is 0.192. The van der Waals surface area contributed by atoms with Gasteiger partial charge in [-0.3, -0.25) is 0 Å². The quantitative estimate of drug-likeness (QED) is 0.497. The topological polar surface area (TPSA) is 12.9 Å². The van der Waals surface area contributed by atoms with Crippen molar-refractivity contribution < 1.29 is 21.2 Å². The zero-order chi connectivity index (χ0) is 8.27. The maximum absolute atomic E-state index is 4.13. The number of rotatable bonds is 2. The summed E-state index contributed by atoms with van der Waals surface area (Å²) in [5, 5.41) is 0. The molecule has 0 aliphatic rings. The van der Waals surface area contributed by atoms with Gasteiger partial charge in [-0.05, 0) is 0 Å². The molecule has 1 nitrogen and oxygen atoms in total. The maximum atomic E-state index is 4.13. The van der Waals surface area contributed by atoms with Gasteiger partial charge < -0.3 is 0 Å². The Morgan fingerprint density at radius 3 is 2.64 bits per heavy atom.